The third kappa shape index (κ3) is 4.49. The number of ether oxygens (including phenoxy) is 2. The highest BCUT2D eigenvalue weighted by atomic mass is 32.1. The van der Waals surface area contributed by atoms with E-state index in [2.05, 4.69) is 5.32 Å². The van der Waals surface area contributed by atoms with Gasteiger partial charge in [0, 0.05) is 15.8 Å². The highest BCUT2D eigenvalue weighted by Gasteiger charge is 2.23. The lowest BCUT2D eigenvalue weighted by atomic mass is 10.1. The van der Waals surface area contributed by atoms with E-state index in [4.69, 9.17) is 9.47 Å². The number of aryl methyl sites for hydroxylation is 1. The van der Waals surface area contributed by atoms with Crippen LogP contribution in [0.15, 0.2) is 34.3 Å². The molecule has 0 fully saturated rings. The summed E-state index contributed by atoms with van der Waals surface area (Å²) in [5, 5.41) is 8.52. The molecule has 0 aromatic carbocycles. The molecular weight excluding hydrogens is 418 g/mol. The van der Waals surface area contributed by atoms with E-state index in [0.29, 0.717) is 21.0 Å². The van der Waals surface area contributed by atoms with Gasteiger partial charge in [0.2, 0.25) is 0 Å². The number of nitrogens with one attached hydrogen (secondary N) is 1. The predicted octanol–water partition coefficient (Wildman–Crippen LogP) is 4.82. The molecule has 0 saturated carbocycles. The molecule has 146 valence electrons. The minimum atomic E-state index is -0.543. The molecule has 9 heteroatoms. The molecule has 3 heterocycles. The minimum Gasteiger partial charge on any atom is -0.462 e. The van der Waals surface area contributed by atoms with E-state index in [-0.39, 0.29) is 6.61 Å². The van der Waals surface area contributed by atoms with Gasteiger partial charge in [-0.25, -0.2) is 9.59 Å². The zero-order valence-corrected chi connectivity index (χ0v) is 17.6. The van der Waals surface area contributed by atoms with Crippen LogP contribution >= 0.6 is 34.0 Å². The fourth-order valence-corrected chi connectivity index (χ4v) is 5.02. The lowest BCUT2D eigenvalue weighted by molar-refractivity contribution is -0.119. The molecule has 0 aliphatic carbocycles. The van der Waals surface area contributed by atoms with E-state index < -0.39 is 24.5 Å². The summed E-state index contributed by atoms with van der Waals surface area (Å²) in [7, 11) is 0. The van der Waals surface area contributed by atoms with Crippen LogP contribution in [0.25, 0.3) is 10.4 Å². The number of anilines is 1. The number of carbonyl (C=O) groups is 3. The van der Waals surface area contributed by atoms with Crippen LogP contribution in [0.3, 0.4) is 0 Å². The van der Waals surface area contributed by atoms with Gasteiger partial charge in [-0.3, -0.25) is 4.79 Å². The van der Waals surface area contributed by atoms with Crippen LogP contribution in [0.1, 0.15) is 32.5 Å². The monoisotopic (exact) mass is 435 g/mol. The lowest BCUT2D eigenvalue weighted by Gasteiger charge is -2.08. The summed E-state index contributed by atoms with van der Waals surface area (Å²) in [5.41, 5.74) is 1.82. The predicted molar refractivity (Wildman–Crippen MR) is 112 cm³/mol. The van der Waals surface area contributed by atoms with Crippen LogP contribution in [0.4, 0.5) is 5.00 Å². The third-order valence-corrected chi connectivity index (χ3v) is 6.49. The average Bonchev–Trinajstić information content (AvgIpc) is 3.40. The van der Waals surface area contributed by atoms with E-state index in [9.17, 15) is 14.4 Å². The molecule has 0 unspecified atom stereocenters. The Morgan fingerprint density at radius 2 is 1.86 bits per heavy atom. The second kappa shape index (κ2) is 9.13. The highest BCUT2D eigenvalue weighted by Crippen LogP contribution is 2.38. The second-order valence-corrected chi connectivity index (χ2v) is 8.35. The summed E-state index contributed by atoms with van der Waals surface area (Å²) in [6.07, 6.45) is 0. The first kappa shape index (κ1) is 20.2. The summed E-state index contributed by atoms with van der Waals surface area (Å²) in [5.74, 6) is -1.57. The number of carbonyl (C=O) groups excluding carboxylic acids is 3. The van der Waals surface area contributed by atoms with Crippen LogP contribution < -0.4 is 5.32 Å². The molecular formula is C19H17NO5S3. The lowest BCUT2D eigenvalue weighted by Crippen LogP contribution is -2.21. The van der Waals surface area contributed by atoms with E-state index in [1.54, 1.807) is 24.6 Å². The van der Waals surface area contributed by atoms with Gasteiger partial charge in [-0.05, 0) is 42.3 Å². The first-order chi connectivity index (χ1) is 13.5. The molecule has 0 saturated heterocycles. The molecule has 3 aromatic heterocycles. The standard InChI is InChI=1S/C19H17NO5S3/c1-3-24-18(22)15-12(13-5-4-7-26-13)10-28-17(15)20-14(21)9-25-19(23)16-11(2)6-8-27-16/h4-8,10H,3,9H2,1-2H3,(H,20,21). The maximum absolute atomic E-state index is 12.4. The molecule has 0 aliphatic heterocycles. The molecule has 1 amide bonds. The highest BCUT2D eigenvalue weighted by molar-refractivity contribution is 7.17. The van der Waals surface area contributed by atoms with Crippen molar-refractivity contribution in [1.82, 2.24) is 0 Å². The Labute approximate surface area is 173 Å². The number of amides is 1. The summed E-state index contributed by atoms with van der Waals surface area (Å²) in [4.78, 5) is 38.1. The Bertz CT molecular complexity index is 987. The summed E-state index contributed by atoms with van der Waals surface area (Å²) in [6.45, 7) is 3.31. The molecule has 28 heavy (non-hydrogen) atoms. The minimum absolute atomic E-state index is 0.226. The number of esters is 2. The Morgan fingerprint density at radius 3 is 2.50 bits per heavy atom. The van der Waals surface area contributed by atoms with Crippen molar-refractivity contribution < 1.29 is 23.9 Å². The molecule has 0 aliphatic rings. The molecule has 0 atom stereocenters. The van der Waals surface area contributed by atoms with Crippen LogP contribution in [-0.4, -0.2) is 31.1 Å². The fraction of sp³-hybridized carbons (Fsp3) is 0.211. The topological polar surface area (TPSA) is 81.7 Å². The molecule has 3 aromatic rings. The fourth-order valence-electron chi connectivity index (χ4n) is 2.41. The van der Waals surface area contributed by atoms with Gasteiger partial charge in [0.15, 0.2) is 6.61 Å². The normalized spacial score (nSPS) is 10.5. The average molecular weight is 436 g/mol. The molecule has 1 N–H and O–H groups in total. The molecule has 0 radical (unpaired) electrons. The van der Waals surface area contributed by atoms with Gasteiger partial charge in [-0.15, -0.1) is 34.0 Å². The SMILES string of the molecule is CCOC(=O)c1c(-c2cccs2)csc1NC(=O)COC(=O)c1sccc1C. The second-order valence-electron chi connectivity index (χ2n) is 5.61. The van der Waals surface area contributed by atoms with Gasteiger partial charge < -0.3 is 14.8 Å². The van der Waals surface area contributed by atoms with Crippen LogP contribution in [0, 0.1) is 6.92 Å². The van der Waals surface area contributed by atoms with Crippen LogP contribution in [0.5, 0.6) is 0 Å². The Kier molecular flexibility index (Phi) is 6.61. The van der Waals surface area contributed by atoms with Gasteiger partial charge in [0.25, 0.3) is 5.91 Å². The Hall–Kier alpha value is -2.49. The van der Waals surface area contributed by atoms with Crippen LogP contribution in [0.2, 0.25) is 0 Å². The van der Waals surface area contributed by atoms with Crippen molar-refractivity contribution in [3.63, 3.8) is 0 Å². The van der Waals surface area contributed by atoms with Gasteiger partial charge in [0.05, 0.1) is 6.61 Å². The van der Waals surface area contributed by atoms with Crippen molar-refractivity contribution in [2.24, 2.45) is 0 Å². The van der Waals surface area contributed by atoms with Crippen molar-refractivity contribution in [1.29, 1.82) is 0 Å². The molecule has 6 nitrogen and oxygen atoms in total. The van der Waals surface area contributed by atoms with Crippen molar-refractivity contribution in [2.75, 3.05) is 18.5 Å². The van der Waals surface area contributed by atoms with Gasteiger partial charge in [-0.1, -0.05) is 6.07 Å². The zero-order valence-electron chi connectivity index (χ0n) is 15.1. The largest absolute Gasteiger partial charge is 0.462 e. The van der Waals surface area contributed by atoms with E-state index in [0.717, 1.165) is 10.4 Å². The molecule has 0 spiro atoms. The quantitative estimate of drug-likeness (QED) is 0.538. The Balaban J connectivity index is 1.72. The van der Waals surface area contributed by atoms with Gasteiger partial charge in [-0.2, -0.15) is 0 Å². The van der Waals surface area contributed by atoms with Crippen molar-refractivity contribution in [2.45, 2.75) is 13.8 Å². The van der Waals surface area contributed by atoms with E-state index in [1.807, 2.05) is 23.6 Å². The third-order valence-electron chi connectivity index (χ3n) is 3.69. The van der Waals surface area contributed by atoms with E-state index in [1.165, 1.54) is 34.0 Å². The summed E-state index contributed by atoms with van der Waals surface area (Å²) < 4.78 is 10.2. The van der Waals surface area contributed by atoms with Crippen molar-refractivity contribution in [3.8, 4) is 10.4 Å². The van der Waals surface area contributed by atoms with E-state index >= 15 is 0 Å². The van der Waals surface area contributed by atoms with Crippen molar-refractivity contribution >= 4 is 56.9 Å². The number of thiophene rings is 3. The zero-order chi connectivity index (χ0) is 20.1. The number of rotatable bonds is 7. The maximum atomic E-state index is 12.4. The number of hydrogen-bond acceptors (Lipinski definition) is 8. The van der Waals surface area contributed by atoms with Gasteiger partial charge >= 0.3 is 11.9 Å². The number of hydrogen-bond donors (Lipinski definition) is 1. The summed E-state index contributed by atoms with van der Waals surface area (Å²) in [6, 6.07) is 5.59. The Morgan fingerprint density at radius 1 is 1.04 bits per heavy atom. The van der Waals surface area contributed by atoms with Crippen molar-refractivity contribution in [3.05, 3.63) is 50.3 Å². The smallest absolute Gasteiger partial charge is 0.349 e. The first-order valence-electron chi connectivity index (χ1n) is 8.34. The summed E-state index contributed by atoms with van der Waals surface area (Å²) >= 11 is 3.98. The molecule has 0 bridgehead atoms. The van der Waals surface area contributed by atoms with Crippen LogP contribution in [-0.2, 0) is 14.3 Å². The van der Waals surface area contributed by atoms with Gasteiger partial charge in [0.1, 0.15) is 15.4 Å². The first-order valence-corrected chi connectivity index (χ1v) is 11.0. The molecule has 3 rings (SSSR count). The maximum Gasteiger partial charge on any atom is 0.349 e.